The molecule has 3 atom stereocenters. The number of carbonyl (C=O) groups excluding carboxylic acids is 2. The number of likely N-dealkylation sites (N-methyl/N-ethyl adjacent to an activating group) is 1. The molecule has 43 heavy (non-hydrogen) atoms. The highest BCUT2D eigenvalue weighted by Crippen LogP contribution is 2.33. The molecule has 0 unspecified atom stereocenters. The van der Waals surface area contributed by atoms with Crippen molar-refractivity contribution in [2.45, 2.75) is 42.4 Å². The van der Waals surface area contributed by atoms with Crippen LogP contribution in [0.15, 0.2) is 89.8 Å². The number of nitrogens with one attached hydrogen (secondary N) is 2. The molecule has 2 N–H and O–H groups in total. The van der Waals surface area contributed by atoms with Gasteiger partial charge < -0.3 is 19.7 Å². The molecule has 0 aromatic heterocycles. The lowest BCUT2D eigenvalue weighted by Crippen LogP contribution is -2.53. The molecule has 11 heteroatoms. The Bertz CT molecular complexity index is 1790. The fourth-order valence-corrected chi connectivity index (χ4v) is 6.71. The van der Waals surface area contributed by atoms with E-state index >= 15 is 0 Å². The number of rotatable bonds is 6. The van der Waals surface area contributed by atoms with Crippen LogP contribution in [0.25, 0.3) is 10.8 Å². The summed E-state index contributed by atoms with van der Waals surface area (Å²) in [5, 5.41) is 5.01. The van der Waals surface area contributed by atoms with Gasteiger partial charge in [-0.1, -0.05) is 36.4 Å². The van der Waals surface area contributed by atoms with Crippen LogP contribution in [0.3, 0.4) is 0 Å². The van der Waals surface area contributed by atoms with E-state index in [4.69, 9.17) is 9.47 Å². The second-order valence-electron chi connectivity index (χ2n) is 10.7. The van der Waals surface area contributed by atoms with Gasteiger partial charge in [-0.05, 0) is 66.8 Å². The number of carbonyl (C=O) groups is 2. The van der Waals surface area contributed by atoms with Crippen LogP contribution in [0.2, 0.25) is 0 Å². The molecule has 0 bridgehead atoms. The monoisotopic (exact) mass is 603 g/mol. The van der Waals surface area contributed by atoms with E-state index in [1.54, 1.807) is 11.9 Å². The summed E-state index contributed by atoms with van der Waals surface area (Å²) in [5.41, 5.74) is 1.12. The van der Waals surface area contributed by atoms with E-state index in [1.807, 2.05) is 42.5 Å². The summed E-state index contributed by atoms with van der Waals surface area (Å²) in [6.07, 6.45) is 0.548. The maximum Gasteiger partial charge on any atom is 0.261 e. The number of fused-ring (bicyclic) bond motifs is 3. The maximum atomic E-state index is 13.5. The maximum absolute atomic E-state index is 13.5. The summed E-state index contributed by atoms with van der Waals surface area (Å²) in [6.45, 7) is 0.150. The molecule has 0 saturated carbocycles. The molecule has 1 saturated heterocycles. The molecule has 6 rings (SSSR count). The zero-order valence-electron chi connectivity index (χ0n) is 23.3. The lowest BCUT2D eigenvalue weighted by atomic mass is 9.94. The van der Waals surface area contributed by atoms with Gasteiger partial charge >= 0.3 is 0 Å². The van der Waals surface area contributed by atoms with E-state index in [0.29, 0.717) is 18.6 Å². The predicted molar refractivity (Wildman–Crippen MR) is 160 cm³/mol. The number of anilines is 2. The largest absolute Gasteiger partial charge is 0.490 e. The number of ether oxygens (including phenoxy) is 2. The van der Waals surface area contributed by atoms with E-state index in [2.05, 4.69) is 10.0 Å². The fourth-order valence-electron chi connectivity index (χ4n) is 5.66. The lowest BCUT2D eigenvalue weighted by molar-refractivity contribution is -0.130. The van der Waals surface area contributed by atoms with E-state index in [9.17, 15) is 22.4 Å². The van der Waals surface area contributed by atoms with Gasteiger partial charge in [0.15, 0.2) is 0 Å². The van der Waals surface area contributed by atoms with Crippen molar-refractivity contribution in [3.05, 3.63) is 96.3 Å². The summed E-state index contributed by atoms with van der Waals surface area (Å²) in [4.78, 5) is 28.0. The molecular formula is C32H30FN3O6S. The Kier molecular flexibility index (Phi) is 7.76. The van der Waals surface area contributed by atoms with Crippen molar-refractivity contribution in [2.24, 2.45) is 0 Å². The first-order valence-electron chi connectivity index (χ1n) is 13.9. The van der Waals surface area contributed by atoms with Crippen LogP contribution >= 0.6 is 0 Å². The van der Waals surface area contributed by atoms with Crippen LogP contribution in [0.1, 0.15) is 29.6 Å². The number of hydrogen-bond donors (Lipinski definition) is 2. The number of halogens is 1. The van der Waals surface area contributed by atoms with Crippen molar-refractivity contribution < 1.29 is 31.9 Å². The molecule has 0 radical (unpaired) electrons. The minimum absolute atomic E-state index is 0.108. The Morgan fingerprint density at radius 3 is 2.58 bits per heavy atom. The second-order valence-corrected chi connectivity index (χ2v) is 12.4. The van der Waals surface area contributed by atoms with Crippen LogP contribution in [0.4, 0.5) is 15.8 Å². The minimum atomic E-state index is -4.01. The van der Waals surface area contributed by atoms with Crippen LogP contribution in [-0.2, 0) is 19.6 Å². The molecule has 2 aliphatic rings. The molecule has 4 aromatic carbocycles. The van der Waals surface area contributed by atoms with E-state index < -0.39 is 21.9 Å². The number of hydrogen-bond acceptors (Lipinski definition) is 6. The van der Waals surface area contributed by atoms with Gasteiger partial charge in [-0.15, -0.1) is 0 Å². The minimum Gasteiger partial charge on any atom is -0.490 e. The molecule has 2 heterocycles. The van der Waals surface area contributed by atoms with Crippen molar-refractivity contribution in [3.63, 3.8) is 0 Å². The fraction of sp³-hybridized carbons (Fsp3) is 0.250. The number of sulfonamides is 1. The quantitative estimate of drug-likeness (QED) is 0.314. The van der Waals surface area contributed by atoms with Gasteiger partial charge in [-0.25, -0.2) is 12.8 Å². The van der Waals surface area contributed by atoms with Gasteiger partial charge in [0.05, 0.1) is 29.0 Å². The standard InChI is InChI=1S/C32H30FN3O6S/c1-36-28-15-12-23(18-31(37)34-27-8-4-6-20-5-2-3-7-25(20)27)42-30(28)19-41-29-16-11-22(17-26(29)32(36)38)35-43(39,40)24-13-9-21(33)10-14-24/h2-11,13-14,16-17,23,28,30,35H,12,15,18-19H2,1H3,(H,34,37)/t23-,28+,30-/m1/s1. The van der Waals surface area contributed by atoms with E-state index in [-0.39, 0.29) is 53.1 Å². The highest BCUT2D eigenvalue weighted by atomic mass is 32.2. The predicted octanol–water partition coefficient (Wildman–Crippen LogP) is 5.19. The zero-order chi connectivity index (χ0) is 30.1. The van der Waals surface area contributed by atoms with Gasteiger partial charge in [-0.3, -0.25) is 14.3 Å². The normalized spacial score (nSPS) is 20.3. The van der Waals surface area contributed by atoms with Crippen LogP contribution in [-0.4, -0.2) is 57.0 Å². The number of benzene rings is 4. The molecule has 2 amide bonds. The average Bonchev–Trinajstić information content (AvgIpc) is 2.99. The van der Waals surface area contributed by atoms with Gasteiger partial charge in [0.2, 0.25) is 5.91 Å². The first-order valence-corrected chi connectivity index (χ1v) is 15.4. The molecule has 222 valence electrons. The van der Waals surface area contributed by atoms with Crippen molar-refractivity contribution >= 4 is 44.0 Å². The van der Waals surface area contributed by atoms with Gasteiger partial charge in [0, 0.05) is 23.8 Å². The van der Waals surface area contributed by atoms with Crippen molar-refractivity contribution in [1.29, 1.82) is 0 Å². The molecule has 1 fully saturated rings. The van der Waals surface area contributed by atoms with Gasteiger partial charge in [0.25, 0.3) is 15.9 Å². The Morgan fingerprint density at radius 2 is 1.77 bits per heavy atom. The molecular weight excluding hydrogens is 573 g/mol. The molecule has 9 nitrogen and oxygen atoms in total. The number of nitrogens with zero attached hydrogens (tertiary/aromatic N) is 1. The Hall–Kier alpha value is -4.48. The summed E-state index contributed by atoms with van der Waals surface area (Å²) in [5.74, 6) is -0.758. The third-order valence-electron chi connectivity index (χ3n) is 7.86. The van der Waals surface area contributed by atoms with Crippen LogP contribution in [0, 0.1) is 5.82 Å². The average molecular weight is 604 g/mol. The van der Waals surface area contributed by atoms with Crippen LogP contribution < -0.4 is 14.8 Å². The third kappa shape index (κ3) is 6.04. The zero-order valence-corrected chi connectivity index (χ0v) is 24.1. The Labute approximate surface area is 248 Å². The summed E-state index contributed by atoms with van der Waals surface area (Å²) in [6, 6.07) is 22.2. The van der Waals surface area contributed by atoms with Crippen molar-refractivity contribution in [3.8, 4) is 5.75 Å². The first kappa shape index (κ1) is 28.6. The summed E-state index contributed by atoms with van der Waals surface area (Å²) >= 11 is 0. The van der Waals surface area contributed by atoms with Crippen LogP contribution in [0.5, 0.6) is 5.75 Å². The number of amides is 2. The Balaban J connectivity index is 1.13. The lowest BCUT2D eigenvalue weighted by Gasteiger charge is -2.42. The van der Waals surface area contributed by atoms with E-state index in [0.717, 1.165) is 40.7 Å². The van der Waals surface area contributed by atoms with Crippen molar-refractivity contribution in [1.82, 2.24) is 4.90 Å². The highest BCUT2D eigenvalue weighted by Gasteiger charge is 2.39. The van der Waals surface area contributed by atoms with Gasteiger partial charge in [0.1, 0.15) is 24.3 Å². The molecule has 2 aliphatic heterocycles. The SMILES string of the molecule is CN1C(=O)c2cc(NS(=O)(=O)c3ccc(F)cc3)ccc2OC[C@H]2O[C@@H](CC(=O)Nc3cccc4ccccc34)CC[C@@H]21. The topological polar surface area (TPSA) is 114 Å². The highest BCUT2D eigenvalue weighted by molar-refractivity contribution is 7.92. The Morgan fingerprint density at radius 1 is 1.00 bits per heavy atom. The van der Waals surface area contributed by atoms with Crippen molar-refractivity contribution in [2.75, 3.05) is 23.7 Å². The third-order valence-corrected chi connectivity index (χ3v) is 9.26. The summed E-state index contributed by atoms with van der Waals surface area (Å²) < 4.78 is 53.6. The molecule has 0 aliphatic carbocycles. The molecule has 4 aromatic rings. The van der Waals surface area contributed by atoms with Gasteiger partial charge in [-0.2, -0.15) is 0 Å². The summed E-state index contributed by atoms with van der Waals surface area (Å²) in [7, 11) is -2.32. The smallest absolute Gasteiger partial charge is 0.261 e. The van der Waals surface area contributed by atoms with E-state index in [1.165, 1.54) is 18.2 Å². The second kappa shape index (κ2) is 11.7. The molecule has 0 spiro atoms. The first-order chi connectivity index (χ1) is 20.7.